The Balaban J connectivity index is 1.79. The fraction of sp³-hybridized carbons (Fsp3) is 0.200. The highest BCUT2D eigenvalue weighted by molar-refractivity contribution is 5.84. The van der Waals surface area contributed by atoms with Gasteiger partial charge in [-0.25, -0.2) is 0 Å². The second-order valence-electron chi connectivity index (χ2n) is 6.10. The Labute approximate surface area is 130 Å². The lowest BCUT2D eigenvalue weighted by molar-refractivity contribution is 0.346. The molecule has 22 heavy (non-hydrogen) atoms. The molecule has 1 aliphatic rings. The summed E-state index contributed by atoms with van der Waals surface area (Å²) in [6.07, 6.45) is 4.17. The van der Waals surface area contributed by atoms with Gasteiger partial charge in [-0.05, 0) is 23.9 Å². The SMILES string of the molecule is C=C[C@@]1(C)O[C@@H]1c1cccc2ccn(Cc3ccccc3)c12. The monoisotopic (exact) mass is 289 g/mol. The minimum Gasteiger partial charge on any atom is -0.357 e. The van der Waals surface area contributed by atoms with Crippen molar-refractivity contribution in [1.29, 1.82) is 0 Å². The van der Waals surface area contributed by atoms with Crippen molar-refractivity contribution in [2.75, 3.05) is 0 Å². The van der Waals surface area contributed by atoms with Crippen molar-refractivity contribution < 1.29 is 4.74 Å². The molecule has 1 aliphatic heterocycles. The van der Waals surface area contributed by atoms with Crippen LogP contribution in [0.25, 0.3) is 10.9 Å². The van der Waals surface area contributed by atoms with E-state index in [1.807, 2.05) is 6.08 Å². The molecular formula is C20H19NO. The molecular weight excluding hydrogens is 270 g/mol. The molecule has 1 saturated heterocycles. The second-order valence-corrected chi connectivity index (χ2v) is 6.10. The van der Waals surface area contributed by atoms with E-state index in [1.54, 1.807) is 0 Å². The Hall–Kier alpha value is -2.32. The van der Waals surface area contributed by atoms with Gasteiger partial charge in [0.05, 0.1) is 5.52 Å². The number of epoxide rings is 1. The molecule has 110 valence electrons. The van der Waals surface area contributed by atoms with Crippen molar-refractivity contribution in [3.8, 4) is 0 Å². The first-order valence-electron chi connectivity index (χ1n) is 7.64. The van der Waals surface area contributed by atoms with Crippen LogP contribution in [0.2, 0.25) is 0 Å². The van der Waals surface area contributed by atoms with Crippen LogP contribution in [0, 0.1) is 0 Å². The minimum atomic E-state index is -0.226. The van der Waals surface area contributed by atoms with Gasteiger partial charge in [-0.2, -0.15) is 0 Å². The van der Waals surface area contributed by atoms with Gasteiger partial charge in [0.2, 0.25) is 0 Å². The summed E-state index contributed by atoms with van der Waals surface area (Å²) < 4.78 is 8.20. The zero-order chi connectivity index (χ0) is 15.2. The smallest absolute Gasteiger partial charge is 0.118 e. The molecule has 0 unspecified atom stereocenters. The molecule has 2 atom stereocenters. The van der Waals surface area contributed by atoms with Gasteiger partial charge in [-0.3, -0.25) is 0 Å². The Morgan fingerprint density at radius 2 is 1.95 bits per heavy atom. The van der Waals surface area contributed by atoms with Crippen LogP contribution in [0.1, 0.15) is 24.2 Å². The molecule has 1 aromatic heterocycles. The first kappa shape index (κ1) is 13.4. The molecule has 0 spiro atoms. The summed E-state index contributed by atoms with van der Waals surface area (Å²) in [5.74, 6) is 0. The van der Waals surface area contributed by atoms with Gasteiger partial charge in [0.1, 0.15) is 11.7 Å². The normalized spacial score (nSPS) is 23.6. The molecule has 1 fully saturated rings. The maximum absolute atomic E-state index is 5.89. The first-order chi connectivity index (χ1) is 10.7. The van der Waals surface area contributed by atoms with Gasteiger partial charge in [0.15, 0.2) is 0 Å². The number of nitrogens with zero attached hydrogens (tertiary/aromatic N) is 1. The number of aromatic nitrogens is 1. The third-order valence-electron chi connectivity index (χ3n) is 4.54. The Kier molecular flexibility index (Phi) is 2.95. The van der Waals surface area contributed by atoms with Crippen molar-refractivity contribution in [3.63, 3.8) is 0 Å². The third kappa shape index (κ3) is 2.08. The fourth-order valence-electron chi connectivity index (χ4n) is 3.16. The zero-order valence-electron chi connectivity index (χ0n) is 12.7. The fourth-order valence-corrected chi connectivity index (χ4v) is 3.16. The number of hydrogen-bond donors (Lipinski definition) is 0. The minimum absolute atomic E-state index is 0.109. The summed E-state index contributed by atoms with van der Waals surface area (Å²) in [5, 5.41) is 1.26. The van der Waals surface area contributed by atoms with Crippen molar-refractivity contribution in [2.24, 2.45) is 0 Å². The van der Waals surface area contributed by atoms with Gasteiger partial charge >= 0.3 is 0 Å². The summed E-state index contributed by atoms with van der Waals surface area (Å²) in [5.41, 5.74) is 3.59. The number of fused-ring (bicyclic) bond motifs is 1. The van der Waals surface area contributed by atoms with Crippen molar-refractivity contribution in [1.82, 2.24) is 4.57 Å². The van der Waals surface area contributed by atoms with Gasteiger partial charge in [0.25, 0.3) is 0 Å². The largest absolute Gasteiger partial charge is 0.357 e. The standard InChI is InChI=1S/C20H19NO/c1-3-20(2)19(22-20)17-11-7-10-16-12-13-21(18(16)17)14-15-8-5-4-6-9-15/h3-13,19H,1,14H2,2H3/t19-,20-/m1/s1. The van der Waals surface area contributed by atoms with Crippen LogP contribution in [0.15, 0.2) is 73.4 Å². The molecule has 2 nitrogen and oxygen atoms in total. The van der Waals surface area contributed by atoms with E-state index in [-0.39, 0.29) is 11.7 Å². The summed E-state index contributed by atoms with van der Waals surface area (Å²) in [7, 11) is 0. The lowest BCUT2D eigenvalue weighted by Gasteiger charge is -2.09. The van der Waals surface area contributed by atoms with E-state index < -0.39 is 0 Å². The molecule has 4 rings (SSSR count). The summed E-state index contributed by atoms with van der Waals surface area (Å²) in [6, 6.07) is 19.2. The Bertz CT molecular complexity index is 833. The Morgan fingerprint density at radius 3 is 2.68 bits per heavy atom. The second kappa shape index (κ2) is 4.85. The van der Waals surface area contributed by atoms with Crippen molar-refractivity contribution in [3.05, 3.63) is 84.6 Å². The molecule has 0 aliphatic carbocycles. The summed E-state index contributed by atoms with van der Waals surface area (Å²) >= 11 is 0. The average Bonchev–Trinajstić information content (AvgIpc) is 3.08. The molecule has 3 aromatic rings. The van der Waals surface area contributed by atoms with Gasteiger partial charge in [-0.1, -0.05) is 54.6 Å². The summed E-state index contributed by atoms with van der Waals surface area (Å²) in [4.78, 5) is 0. The van der Waals surface area contributed by atoms with Crippen LogP contribution in [-0.4, -0.2) is 10.2 Å². The van der Waals surface area contributed by atoms with E-state index in [9.17, 15) is 0 Å². The van der Waals surface area contributed by atoms with Crippen LogP contribution in [0.4, 0.5) is 0 Å². The number of rotatable bonds is 4. The summed E-state index contributed by atoms with van der Waals surface area (Å²) in [6.45, 7) is 6.86. The Morgan fingerprint density at radius 1 is 1.14 bits per heavy atom. The highest BCUT2D eigenvalue weighted by Crippen LogP contribution is 2.51. The van der Waals surface area contributed by atoms with Gasteiger partial charge < -0.3 is 9.30 Å². The van der Waals surface area contributed by atoms with Crippen LogP contribution in [0.5, 0.6) is 0 Å². The number of benzene rings is 2. The molecule has 2 heteroatoms. The van der Waals surface area contributed by atoms with Crippen molar-refractivity contribution >= 4 is 10.9 Å². The maximum atomic E-state index is 5.89. The van der Waals surface area contributed by atoms with Crippen molar-refractivity contribution in [2.45, 2.75) is 25.2 Å². The lowest BCUT2D eigenvalue weighted by Crippen LogP contribution is -2.03. The predicted octanol–water partition coefficient (Wildman–Crippen LogP) is 4.71. The highest BCUT2D eigenvalue weighted by Gasteiger charge is 2.51. The molecule has 2 aromatic carbocycles. The third-order valence-corrected chi connectivity index (χ3v) is 4.54. The average molecular weight is 289 g/mol. The van der Waals surface area contributed by atoms with Crippen LogP contribution >= 0.6 is 0 Å². The van der Waals surface area contributed by atoms with E-state index in [0.29, 0.717) is 0 Å². The maximum Gasteiger partial charge on any atom is 0.118 e. The molecule has 0 bridgehead atoms. The lowest BCUT2D eigenvalue weighted by atomic mass is 9.99. The molecule has 0 saturated carbocycles. The van der Waals surface area contributed by atoms with E-state index in [2.05, 4.69) is 78.9 Å². The number of ether oxygens (including phenoxy) is 1. The van der Waals surface area contributed by atoms with Crippen LogP contribution in [0.3, 0.4) is 0 Å². The van der Waals surface area contributed by atoms with E-state index in [1.165, 1.54) is 22.0 Å². The quantitative estimate of drug-likeness (QED) is 0.502. The molecule has 0 radical (unpaired) electrons. The topological polar surface area (TPSA) is 17.5 Å². The van der Waals surface area contributed by atoms with E-state index in [0.717, 1.165) is 6.54 Å². The van der Waals surface area contributed by atoms with Gasteiger partial charge in [0, 0.05) is 18.3 Å². The van der Waals surface area contributed by atoms with Gasteiger partial charge in [-0.15, -0.1) is 6.58 Å². The number of hydrogen-bond acceptors (Lipinski definition) is 1. The molecule has 0 N–H and O–H groups in total. The van der Waals surface area contributed by atoms with E-state index in [4.69, 9.17) is 4.74 Å². The van der Waals surface area contributed by atoms with E-state index >= 15 is 0 Å². The first-order valence-corrected chi connectivity index (χ1v) is 7.64. The zero-order valence-corrected chi connectivity index (χ0v) is 12.7. The van der Waals surface area contributed by atoms with Crippen LogP contribution < -0.4 is 0 Å². The molecule has 2 heterocycles. The predicted molar refractivity (Wildman–Crippen MR) is 89.9 cm³/mol. The highest BCUT2D eigenvalue weighted by atomic mass is 16.6. The number of para-hydroxylation sites is 1. The molecule has 0 amide bonds. The van der Waals surface area contributed by atoms with Crippen LogP contribution in [-0.2, 0) is 11.3 Å².